The molecule has 1 aliphatic heterocycles. The van der Waals surface area contributed by atoms with Crippen molar-refractivity contribution < 1.29 is 27.4 Å². The summed E-state index contributed by atoms with van der Waals surface area (Å²) in [5.74, 6) is -1.19. The standard InChI is InChI=1S/C26H29Cl2NO6S/c1-15(2)34-13-14-35-18-9-11-19(12-10-18)36(31,32)25-17(4)29-16(3)22(26(30)33-5)23(25)20-7-6-8-21(27)24(20)28/h6-12,15,23,29H,13-14H2,1-5H3. The number of esters is 1. The van der Waals surface area contributed by atoms with Crippen molar-refractivity contribution in [1.82, 2.24) is 5.32 Å². The number of hydrogen-bond acceptors (Lipinski definition) is 7. The molecule has 194 valence electrons. The summed E-state index contributed by atoms with van der Waals surface area (Å²) in [4.78, 5) is 12.9. The van der Waals surface area contributed by atoms with Crippen molar-refractivity contribution in [2.24, 2.45) is 0 Å². The van der Waals surface area contributed by atoms with Gasteiger partial charge in [-0.3, -0.25) is 0 Å². The number of carbonyl (C=O) groups excluding carboxylic acids is 1. The van der Waals surface area contributed by atoms with Gasteiger partial charge in [-0.05, 0) is 63.6 Å². The van der Waals surface area contributed by atoms with Crippen LogP contribution >= 0.6 is 23.2 Å². The maximum Gasteiger partial charge on any atom is 0.336 e. The van der Waals surface area contributed by atoms with Gasteiger partial charge in [0, 0.05) is 11.4 Å². The molecule has 1 N–H and O–H groups in total. The van der Waals surface area contributed by atoms with Gasteiger partial charge in [0.25, 0.3) is 0 Å². The second-order valence-corrected chi connectivity index (χ2v) is 11.2. The average Bonchev–Trinajstić information content (AvgIpc) is 2.82. The molecule has 0 spiro atoms. The average molecular weight is 554 g/mol. The van der Waals surface area contributed by atoms with Crippen molar-refractivity contribution in [2.75, 3.05) is 20.3 Å². The molecule has 0 fully saturated rings. The van der Waals surface area contributed by atoms with E-state index in [2.05, 4.69) is 5.32 Å². The summed E-state index contributed by atoms with van der Waals surface area (Å²) in [7, 11) is -2.86. The minimum absolute atomic E-state index is 0.0170. The number of methoxy groups -OCH3 is 1. The summed E-state index contributed by atoms with van der Waals surface area (Å²) in [6.45, 7) is 7.94. The van der Waals surface area contributed by atoms with Gasteiger partial charge in [-0.15, -0.1) is 0 Å². The van der Waals surface area contributed by atoms with Gasteiger partial charge >= 0.3 is 5.97 Å². The van der Waals surface area contributed by atoms with E-state index in [-0.39, 0.29) is 31.5 Å². The molecular weight excluding hydrogens is 525 g/mol. The SMILES string of the molecule is COC(=O)C1=C(C)NC(C)=C(S(=O)(=O)c2ccc(OCCOC(C)C)cc2)C1c1cccc(Cl)c1Cl. The van der Waals surface area contributed by atoms with Crippen LogP contribution in [0.3, 0.4) is 0 Å². The highest BCUT2D eigenvalue weighted by Crippen LogP contribution is 2.46. The number of ether oxygens (including phenoxy) is 3. The monoisotopic (exact) mass is 553 g/mol. The van der Waals surface area contributed by atoms with Crippen LogP contribution in [-0.2, 0) is 24.1 Å². The number of nitrogens with one attached hydrogen (secondary N) is 1. The van der Waals surface area contributed by atoms with Crippen molar-refractivity contribution in [1.29, 1.82) is 0 Å². The molecule has 7 nitrogen and oxygen atoms in total. The Hall–Kier alpha value is -2.52. The van der Waals surface area contributed by atoms with Gasteiger partial charge < -0.3 is 19.5 Å². The first kappa shape index (κ1) is 28.1. The zero-order valence-corrected chi connectivity index (χ0v) is 23.1. The molecule has 1 heterocycles. The second-order valence-electron chi connectivity index (χ2n) is 8.46. The van der Waals surface area contributed by atoms with E-state index in [1.54, 1.807) is 44.2 Å². The Bertz CT molecular complexity index is 1300. The van der Waals surface area contributed by atoms with E-state index in [4.69, 9.17) is 37.4 Å². The number of dihydropyridines is 1. The molecule has 10 heteroatoms. The lowest BCUT2D eigenvalue weighted by Gasteiger charge is -2.31. The van der Waals surface area contributed by atoms with Crippen molar-refractivity contribution in [3.63, 3.8) is 0 Å². The van der Waals surface area contributed by atoms with Crippen LogP contribution in [0.1, 0.15) is 39.2 Å². The molecule has 0 aromatic heterocycles. The third-order valence-electron chi connectivity index (χ3n) is 5.62. The quantitative estimate of drug-likeness (QED) is 0.317. The Morgan fingerprint density at radius 1 is 1.03 bits per heavy atom. The van der Waals surface area contributed by atoms with E-state index >= 15 is 0 Å². The van der Waals surface area contributed by atoms with Gasteiger partial charge in [0.05, 0.1) is 51.2 Å². The molecular formula is C26H29Cl2NO6S. The summed E-state index contributed by atoms with van der Waals surface area (Å²) in [6, 6.07) is 11.0. The minimum atomic E-state index is -4.10. The molecule has 0 saturated heterocycles. The molecule has 2 aromatic rings. The fourth-order valence-electron chi connectivity index (χ4n) is 4.04. The predicted molar refractivity (Wildman–Crippen MR) is 140 cm³/mol. The summed E-state index contributed by atoms with van der Waals surface area (Å²) >= 11 is 12.8. The van der Waals surface area contributed by atoms with Gasteiger partial charge in [0.15, 0.2) is 0 Å². The molecule has 3 rings (SSSR count). The summed E-state index contributed by atoms with van der Waals surface area (Å²) in [5.41, 5.74) is 1.35. The molecule has 0 bridgehead atoms. The predicted octanol–water partition coefficient (Wildman–Crippen LogP) is 5.64. The highest BCUT2D eigenvalue weighted by atomic mass is 35.5. The van der Waals surface area contributed by atoms with Crippen molar-refractivity contribution in [3.8, 4) is 5.75 Å². The molecule has 0 amide bonds. The topological polar surface area (TPSA) is 90.9 Å². The van der Waals surface area contributed by atoms with Crippen molar-refractivity contribution in [2.45, 2.75) is 44.6 Å². The Labute approximate surface area is 221 Å². The summed E-state index contributed by atoms with van der Waals surface area (Å²) in [6.07, 6.45) is 0.0928. The molecule has 1 aliphatic rings. The number of carbonyl (C=O) groups is 1. The van der Waals surface area contributed by atoms with Crippen molar-refractivity contribution >= 4 is 39.0 Å². The van der Waals surface area contributed by atoms with E-state index in [0.29, 0.717) is 35.9 Å². The van der Waals surface area contributed by atoms with Gasteiger partial charge in [0.1, 0.15) is 12.4 Å². The van der Waals surface area contributed by atoms with Crippen LogP contribution in [0.2, 0.25) is 10.0 Å². The zero-order valence-electron chi connectivity index (χ0n) is 20.7. The first-order valence-corrected chi connectivity index (χ1v) is 13.5. The lowest BCUT2D eigenvalue weighted by molar-refractivity contribution is -0.136. The lowest BCUT2D eigenvalue weighted by atomic mass is 9.86. The van der Waals surface area contributed by atoms with Gasteiger partial charge in [-0.2, -0.15) is 0 Å². The van der Waals surface area contributed by atoms with Crippen LogP contribution < -0.4 is 10.1 Å². The number of allylic oxidation sites excluding steroid dienone is 3. The Kier molecular flexibility index (Phi) is 9.11. The maximum atomic E-state index is 14.0. The van der Waals surface area contributed by atoms with Crippen LogP contribution in [-0.4, -0.2) is 40.8 Å². The van der Waals surface area contributed by atoms with Crippen molar-refractivity contribution in [3.05, 3.63) is 79.9 Å². The third kappa shape index (κ3) is 5.89. The molecule has 0 aliphatic carbocycles. The van der Waals surface area contributed by atoms with E-state index < -0.39 is 21.7 Å². The fraction of sp³-hybridized carbons (Fsp3) is 0.346. The Balaban J connectivity index is 2.06. The number of hydrogen-bond donors (Lipinski definition) is 1. The van der Waals surface area contributed by atoms with Crippen LogP contribution in [0.4, 0.5) is 0 Å². The Morgan fingerprint density at radius 3 is 2.31 bits per heavy atom. The summed E-state index contributed by atoms with van der Waals surface area (Å²) in [5, 5.41) is 3.43. The van der Waals surface area contributed by atoms with Crippen LogP contribution in [0.15, 0.2) is 69.2 Å². The molecule has 36 heavy (non-hydrogen) atoms. The molecule has 0 radical (unpaired) electrons. The van der Waals surface area contributed by atoms with Gasteiger partial charge in [-0.25, -0.2) is 13.2 Å². The molecule has 0 saturated carbocycles. The normalized spacial score (nSPS) is 16.3. The van der Waals surface area contributed by atoms with Crippen LogP contribution in [0.5, 0.6) is 5.75 Å². The smallest absolute Gasteiger partial charge is 0.336 e. The zero-order chi connectivity index (χ0) is 26.6. The van der Waals surface area contributed by atoms with E-state index in [1.807, 2.05) is 13.8 Å². The van der Waals surface area contributed by atoms with Crippen LogP contribution in [0, 0.1) is 0 Å². The van der Waals surface area contributed by atoms with Crippen LogP contribution in [0.25, 0.3) is 0 Å². The van der Waals surface area contributed by atoms with Gasteiger partial charge in [-0.1, -0.05) is 35.3 Å². The molecule has 2 aromatic carbocycles. The molecule has 1 atom stereocenters. The summed E-state index contributed by atoms with van der Waals surface area (Å²) < 4.78 is 44.1. The molecule has 1 unspecified atom stereocenters. The van der Waals surface area contributed by atoms with E-state index in [0.717, 1.165) is 0 Å². The van der Waals surface area contributed by atoms with E-state index in [1.165, 1.54) is 19.2 Å². The largest absolute Gasteiger partial charge is 0.491 e. The first-order chi connectivity index (χ1) is 17.0. The van der Waals surface area contributed by atoms with E-state index in [9.17, 15) is 13.2 Å². The maximum absolute atomic E-state index is 14.0. The van der Waals surface area contributed by atoms with Gasteiger partial charge in [0.2, 0.25) is 9.84 Å². The number of halogens is 2. The Morgan fingerprint density at radius 2 is 1.69 bits per heavy atom. The lowest BCUT2D eigenvalue weighted by Crippen LogP contribution is -2.31. The third-order valence-corrected chi connectivity index (χ3v) is 8.47. The number of rotatable bonds is 9. The second kappa shape index (κ2) is 11.7. The highest BCUT2D eigenvalue weighted by molar-refractivity contribution is 7.95. The minimum Gasteiger partial charge on any atom is -0.491 e. The number of sulfone groups is 1. The highest BCUT2D eigenvalue weighted by Gasteiger charge is 2.41. The first-order valence-electron chi connectivity index (χ1n) is 11.3. The fourth-order valence-corrected chi connectivity index (χ4v) is 6.21. The number of benzene rings is 2.